The molecule has 1 unspecified atom stereocenters. The Morgan fingerprint density at radius 3 is 2.45 bits per heavy atom. The van der Waals surface area contributed by atoms with Crippen LogP contribution in [0.4, 0.5) is 0 Å². The summed E-state index contributed by atoms with van der Waals surface area (Å²) in [7, 11) is 3.16. The first-order valence-electron chi connectivity index (χ1n) is 6.38. The second kappa shape index (κ2) is 8.11. The van der Waals surface area contributed by atoms with E-state index in [1.807, 2.05) is 12.1 Å². The number of methoxy groups -OCH3 is 2. The lowest BCUT2D eigenvalue weighted by Gasteiger charge is -2.17. The molecule has 0 saturated heterocycles. The second-order valence-electron chi connectivity index (χ2n) is 4.47. The van der Waals surface area contributed by atoms with Gasteiger partial charge in [-0.15, -0.1) is 0 Å². The van der Waals surface area contributed by atoms with Gasteiger partial charge < -0.3 is 20.3 Å². The molecule has 0 aliphatic heterocycles. The standard InChI is InChI=1S/C14H20BrNO4/c1-19-12-7-9(10(15)8-13(12)20-2)11(16)5-3-4-6-14(17)18/h7-8,11H,3-6,16H2,1-2H3,(H,17,18). The molecule has 3 N–H and O–H groups in total. The number of carboxylic acids is 1. The van der Waals surface area contributed by atoms with Crippen molar-refractivity contribution in [1.82, 2.24) is 0 Å². The van der Waals surface area contributed by atoms with Crippen LogP contribution in [-0.4, -0.2) is 25.3 Å². The van der Waals surface area contributed by atoms with Gasteiger partial charge in [-0.3, -0.25) is 4.79 Å². The maximum absolute atomic E-state index is 10.5. The highest BCUT2D eigenvalue weighted by Crippen LogP contribution is 2.36. The van der Waals surface area contributed by atoms with E-state index >= 15 is 0 Å². The molecular formula is C14H20BrNO4. The fourth-order valence-electron chi connectivity index (χ4n) is 1.95. The van der Waals surface area contributed by atoms with Crippen LogP contribution in [0.25, 0.3) is 0 Å². The fraction of sp³-hybridized carbons (Fsp3) is 0.500. The highest BCUT2D eigenvalue weighted by Gasteiger charge is 2.15. The van der Waals surface area contributed by atoms with Gasteiger partial charge in [0.2, 0.25) is 0 Å². The van der Waals surface area contributed by atoms with E-state index in [9.17, 15) is 4.79 Å². The molecule has 0 aliphatic rings. The highest BCUT2D eigenvalue weighted by atomic mass is 79.9. The van der Waals surface area contributed by atoms with E-state index in [0.717, 1.165) is 22.9 Å². The van der Waals surface area contributed by atoms with Crippen molar-refractivity contribution in [3.63, 3.8) is 0 Å². The topological polar surface area (TPSA) is 81.8 Å². The molecular weight excluding hydrogens is 326 g/mol. The van der Waals surface area contributed by atoms with Crippen LogP contribution in [0.5, 0.6) is 11.5 Å². The van der Waals surface area contributed by atoms with Crippen molar-refractivity contribution in [3.8, 4) is 11.5 Å². The molecule has 0 aromatic heterocycles. The molecule has 0 spiro atoms. The predicted molar refractivity (Wildman–Crippen MR) is 80.3 cm³/mol. The maximum atomic E-state index is 10.5. The smallest absolute Gasteiger partial charge is 0.303 e. The zero-order valence-corrected chi connectivity index (χ0v) is 13.3. The van der Waals surface area contributed by atoms with Crippen LogP contribution in [0.2, 0.25) is 0 Å². The SMILES string of the molecule is COc1cc(Br)c(C(N)CCCCC(=O)O)cc1OC. The summed E-state index contributed by atoms with van der Waals surface area (Å²) >= 11 is 3.47. The Bertz CT molecular complexity index is 465. The number of ether oxygens (including phenoxy) is 2. The average Bonchev–Trinajstić information content (AvgIpc) is 2.42. The number of aliphatic carboxylic acids is 1. The molecule has 0 amide bonds. The molecule has 112 valence electrons. The number of hydrogen-bond acceptors (Lipinski definition) is 4. The third kappa shape index (κ3) is 4.68. The Morgan fingerprint density at radius 1 is 1.30 bits per heavy atom. The van der Waals surface area contributed by atoms with Crippen molar-refractivity contribution in [2.45, 2.75) is 31.7 Å². The van der Waals surface area contributed by atoms with Gasteiger partial charge >= 0.3 is 5.97 Å². The lowest BCUT2D eigenvalue weighted by Crippen LogP contribution is -2.11. The number of halogens is 1. The van der Waals surface area contributed by atoms with Crippen molar-refractivity contribution in [1.29, 1.82) is 0 Å². The van der Waals surface area contributed by atoms with E-state index in [4.69, 9.17) is 20.3 Å². The molecule has 6 heteroatoms. The zero-order valence-electron chi connectivity index (χ0n) is 11.7. The Labute approximate surface area is 127 Å². The Hall–Kier alpha value is -1.27. The van der Waals surface area contributed by atoms with Gasteiger partial charge in [-0.1, -0.05) is 22.4 Å². The van der Waals surface area contributed by atoms with Crippen molar-refractivity contribution in [2.75, 3.05) is 14.2 Å². The van der Waals surface area contributed by atoms with Crippen molar-refractivity contribution >= 4 is 21.9 Å². The third-order valence-corrected chi connectivity index (χ3v) is 3.74. The number of benzene rings is 1. The summed E-state index contributed by atoms with van der Waals surface area (Å²) in [6.07, 6.45) is 2.31. The average molecular weight is 346 g/mol. The van der Waals surface area contributed by atoms with Crippen molar-refractivity contribution in [3.05, 3.63) is 22.2 Å². The van der Waals surface area contributed by atoms with E-state index in [1.165, 1.54) is 0 Å². The molecule has 0 heterocycles. The van der Waals surface area contributed by atoms with Gasteiger partial charge in [0.05, 0.1) is 14.2 Å². The van der Waals surface area contributed by atoms with Gasteiger partial charge in [0.15, 0.2) is 11.5 Å². The normalized spacial score (nSPS) is 12.0. The van der Waals surface area contributed by atoms with Crippen LogP contribution >= 0.6 is 15.9 Å². The van der Waals surface area contributed by atoms with E-state index in [0.29, 0.717) is 17.9 Å². The number of carbonyl (C=O) groups is 1. The van der Waals surface area contributed by atoms with Gasteiger partial charge in [0, 0.05) is 16.9 Å². The van der Waals surface area contributed by atoms with E-state index in [1.54, 1.807) is 14.2 Å². The highest BCUT2D eigenvalue weighted by molar-refractivity contribution is 9.10. The molecule has 1 aromatic rings. The number of rotatable bonds is 8. The summed E-state index contributed by atoms with van der Waals surface area (Å²) in [4.78, 5) is 10.5. The van der Waals surface area contributed by atoms with Gasteiger partial charge in [-0.05, 0) is 30.5 Å². The van der Waals surface area contributed by atoms with Crippen molar-refractivity contribution < 1.29 is 19.4 Å². The molecule has 0 saturated carbocycles. The molecule has 0 bridgehead atoms. The van der Waals surface area contributed by atoms with Crippen LogP contribution in [0.3, 0.4) is 0 Å². The number of unbranched alkanes of at least 4 members (excludes halogenated alkanes) is 1. The van der Waals surface area contributed by atoms with Gasteiger partial charge in [0.25, 0.3) is 0 Å². The first kappa shape index (κ1) is 16.8. The van der Waals surface area contributed by atoms with Gasteiger partial charge in [-0.25, -0.2) is 0 Å². The predicted octanol–water partition coefficient (Wildman–Crippen LogP) is 3.11. The molecule has 1 rings (SSSR count). The Kier molecular flexibility index (Phi) is 6.81. The summed E-state index contributed by atoms with van der Waals surface area (Å²) in [5.41, 5.74) is 7.08. The van der Waals surface area contributed by atoms with Crippen molar-refractivity contribution in [2.24, 2.45) is 5.73 Å². The molecule has 20 heavy (non-hydrogen) atoms. The summed E-state index contributed by atoms with van der Waals surface area (Å²) in [5, 5.41) is 8.60. The monoisotopic (exact) mass is 345 g/mol. The van der Waals surface area contributed by atoms with E-state index < -0.39 is 5.97 Å². The quantitative estimate of drug-likeness (QED) is 0.707. The maximum Gasteiger partial charge on any atom is 0.303 e. The van der Waals surface area contributed by atoms with Crippen LogP contribution in [0.15, 0.2) is 16.6 Å². The number of carboxylic acid groups (broad SMARTS) is 1. The summed E-state index contributed by atoms with van der Waals surface area (Å²) in [5.74, 6) is 0.499. The third-order valence-electron chi connectivity index (χ3n) is 3.06. The van der Waals surface area contributed by atoms with Crippen LogP contribution < -0.4 is 15.2 Å². The van der Waals surface area contributed by atoms with Crippen LogP contribution in [0.1, 0.15) is 37.3 Å². The lowest BCUT2D eigenvalue weighted by molar-refractivity contribution is -0.137. The Balaban J connectivity index is 2.72. The van der Waals surface area contributed by atoms with Gasteiger partial charge in [0.1, 0.15) is 0 Å². The molecule has 0 radical (unpaired) electrons. The van der Waals surface area contributed by atoms with E-state index in [-0.39, 0.29) is 12.5 Å². The molecule has 1 atom stereocenters. The summed E-state index contributed by atoms with van der Waals surface area (Å²) < 4.78 is 11.3. The van der Waals surface area contributed by atoms with Gasteiger partial charge in [-0.2, -0.15) is 0 Å². The van der Waals surface area contributed by atoms with E-state index in [2.05, 4.69) is 15.9 Å². The van der Waals surface area contributed by atoms with Crippen LogP contribution in [-0.2, 0) is 4.79 Å². The van der Waals surface area contributed by atoms with Crippen LogP contribution in [0, 0.1) is 0 Å². The number of hydrogen-bond donors (Lipinski definition) is 2. The molecule has 5 nitrogen and oxygen atoms in total. The first-order chi connectivity index (χ1) is 9.49. The number of nitrogens with two attached hydrogens (primary N) is 1. The summed E-state index contributed by atoms with van der Waals surface area (Å²) in [6, 6.07) is 3.51. The summed E-state index contributed by atoms with van der Waals surface area (Å²) in [6.45, 7) is 0. The molecule has 0 aliphatic carbocycles. The molecule has 1 aromatic carbocycles. The lowest BCUT2D eigenvalue weighted by atomic mass is 10.0. The zero-order chi connectivity index (χ0) is 15.1. The fourth-order valence-corrected chi connectivity index (χ4v) is 2.57. The Morgan fingerprint density at radius 2 is 1.90 bits per heavy atom. The minimum atomic E-state index is -0.772. The molecule has 0 fully saturated rings. The second-order valence-corrected chi connectivity index (χ2v) is 5.33. The minimum Gasteiger partial charge on any atom is -0.493 e. The minimum absolute atomic E-state index is 0.169. The largest absolute Gasteiger partial charge is 0.493 e. The first-order valence-corrected chi connectivity index (χ1v) is 7.17.